The monoisotopic (exact) mass is 417 g/mol. The zero-order chi connectivity index (χ0) is 15.4. The molecule has 1 aromatic heterocycles. The van der Waals surface area contributed by atoms with Crippen molar-refractivity contribution >= 4 is 34.2 Å². The first-order valence-electron chi connectivity index (χ1n) is 7.27. The Kier molecular flexibility index (Phi) is 6.08. The Labute approximate surface area is 145 Å². The molecule has 3 nitrogen and oxygen atoms in total. The zero-order valence-electron chi connectivity index (χ0n) is 12.7. The van der Waals surface area contributed by atoms with E-state index in [1.165, 1.54) is 9.13 Å². The van der Waals surface area contributed by atoms with Crippen molar-refractivity contribution in [1.29, 1.82) is 0 Å². The molecule has 114 valence electrons. The summed E-state index contributed by atoms with van der Waals surface area (Å²) in [6.07, 6.45) is 1.71. The number of hydrogen-bond acceptors (Lipinski definition) is 2. The third-order valence-corrected chi connectivity index (χ3v) is 4.87. The molecule has 0 amide bonds. The molecule has 1 aromatic carbocycles. The summed E-state index contributed by atoms with van der Waals surface area (Å²) in [4.78, 5) is 0. The molecule has 1 N–H and O–H groups in total. The molecule has 5 heteroatoms. The van der Waals surface area contributed by atoms with Crippen molar-refractivity contribution in [2.24, 2.45) is 0 Å². The largest absolute Gasteiger partial charge is 0.313 e. The van der Waals surface area contributed by atoms with Crippen LogP contribution in [0.2, 0.25) is 5.02 Å². The minimum atomic E-state index is 0.242. The van der Waals surface area contributed by atoms with Crippen molar-refractivity contribution in [2.45, 2.75) is 39.3 Å². The molecular formula is C16H21ClIN3. The minimum absolute atomic E-state index is 0.242. The summed E-state index contributed by atoms with van der Waals surface area (Å²) in [6, 6.07) is 8.85. The maximum Gasteiger partial charge on any atom is 0.0850 e. The molecule has 21 heavy (non-hydrogen) atoms. The third-order valence-electron chi connectivity index (χ3n) is 3.71. The standard InChI is InChI=1S/C16H21ClIN3/c1-4-13-16(17)15(21(5-2)20-13)10-14(19-3)11-6-8-12(18)9-7-11/h6-9,14,19H,4-5,10H2,1-3H3. The molecule has 1 unspecified atom stereocenters. The van der Waals surface area contributed by atoms with E-state index in [9.17, 15) is 0 Å². The lowest BCUT2D eigenvalue weighted by molar-refractivity contribution is 0.540. The Hall–Kier alpha value is -0.590. The molecule has 0 saturated heterocycles. The van der Waals surface area contributed by atoms with Gasteiger partial charge in [0.15, 0.2) is 0 Å². The van der Waals surface area contributed by atoms with Crippen molar-refractivity contribution in [3.8, 4) is 0 Å². The van der Waals surface area contributed by atoms with Crippen LogP contribution in [-0.4, -0.2) is 16.8 Å². The number of nitrogens with one attached hydrogen (secondary N) is 1. The number of aryl methyl sites for hydroxylation is 2. The van der Waals surface area contributed by atoms with Gasteiger partial charge in [-0.3, -0.25) is 4.68 Å². The van der Waals surface area contributed by atoms with Crippen LogP contribution in [0.3, 0.4) is 0 Å². The van der Waals surface area contributed by atoms with Crippen LogP contribution in [0, 0.1) is 3.57 Å². The predicted octanol–water partition coefficient (Wildman–Crippen LogP) is 4.23. The smallest absolute Gasteiger partial charge is 0.0850 e. The van der Waals surface area contributed by atoms with Gasteiger partial charge >= 0.3 is 0 Å². The van der Waals surface area contributed by atoms with Crippen molar-refractivity contribution in [3.05, 3.63) is 49.8 Å². The molecule has 0 radical (unpaired) electrons. The Morgan fingerprint density at radius 1 is 1.29 bits per heavy atom. The average Bonchev–Trinajstić information content (AvgIpc) is 2.81. The first-order chi connectivity index (χ1) is 10.1. The van der Waals surface area contributed by atoms with Crippen LogP contribution in [0.1, 0.15) is 36.8 Å². The lowest BCUT2D eigenvalue weighted by atomic mass is 10.0. The lowest BCUT2D eigenvalue weighted by Crippen LogP contribution is -2.20. The summed E-state index contributed by atoms with van der Waals surface area (Å²) in [7, 11) is 1.99. The van der Waals surface area contributed by atoms with Crippen LogP contribution in [0.5, 0.6) is 0 Å². The summed E-state index contributed by atoms with van der Waals surface area (Å²) < 4.78 is 3.27. The van der Waals surface area contributed by atoms with Gasteiger partial charge in [0, 0.05) is 22.6 Å². The van der Waals surface area contributed by atoms with Gasteiger partial charge in [0.2, 0.25) is 0 Å². The predicted molar refractivity (Wildman–Crippen MR) is 97.0 cm³/mol. The molecule has 0 aliphatic rings. The minimum Gasteiger partial charge on any atom is -0.313 e. The second-order valence-electron chi connectivity index (χ2n) is 4.97. The number of likely N-dealkylation sites (N-methyl/N-ethyl adjacent to an activating group) is 1. The molecule has 2 rings (SSSR count). The van der Waals surface area contributed by atoms with E-state index in [1.807, 2.05) is 11.7 Å². The fourth-order valence-electron chi connectivity index (χ4n) is 2.49. The van der Waals surface area contributed by atoms with Crippen LogP contribution in [-0.2, 0) is 19.4 Å². The van der Waals surface area contributed by atoms with E-state index in [1.54, 1.807) is 0 Å². The normalized spacial score (nSPS) is 12.6. The molecule has 2 aromatic rings. The fourth-order valence-corrected chi connectivity index (χ4v) is 3.19. The Morgan fingerprint density at radius 2 is 1.95 bits per heavy atom. The summed E-state index contributed by atoms with van der Waals surface area (Å²) in [5.41, 5.74) is 3.38. The van der Waals surface area contributed by atoms with Crippen molar-refractivity contribution in [3.63, 3.8) is 0 Å². The van der Waals surface area contributed by atoms with E-state index in [2.05, 4.69) is 71.1 Å². The molecule has 0 aliphatic heterocycles. The van der Waals surface area contributed by atoms with Crippen molar-refractivity contribution in [2.75, 3.05) is 7.05 Å². The van der Waals surface area contributed by atoms with E-state index < -0.39 is 0 Å². The van der Waals surface area contributed by atoms with Crippen LogP contribution in [0.4, 0.5) is 0 Å². The Bertz CT molecular complexity index is 592. The Balaban J connectivity index is 2.30. The molecule has 0 bridgehead atoms. The number of benzene rings is 1. The van der Waals surface area contributed by atoms with Crippen LogP contribution in [0.25, 0.3) is 0 Å². The number of aromatic nitrogens is 2. The highest BCUT2D eigenvalue weighted by atomic mass is 127. The molecule has 0 fully saturated rings. The highest BCUT2D eigenvalue weighted by Gasteiger charge is 2.19. The quantitative estimate of drug-likeness (QED) is 0.713. The molecule has 0 spiro atoms. The topological polar surface area (TPSA) is 29.9 Å². The Morgan fingerprint density at radius 3 is 2.48 bits per heavy atom. The number of halogens is 2. The van der Waals surface area contributed by atoms with Gasteiger partial charge < -0.3 is 5.32 Å². The summed E-state index contributed by atoms with van der Waals surface area (Å²) >= 11 is 8.83. The summed E-state index contributed by atoms with van der Waals surface area (Å²) in [5, 5.41) is 8.81. The maximum atomic E-state index is 6.51. The van der Waals surface area contributed by atoms with Gasteiger partial charge in [0.25, 0.3) is 0 Å². The number of hydrogen-bond donors (Lipinski definition) is 1. The van der Waals surface area contributed by atoms with Crippen molar-refractivity contribution < 1.29 is 0 Å². The van der Waals surface area contributed by atoms with Gasteiger partial charge in [-0.05, 0) is 60.7 Å². The van der Waals surface area contributed by atoms with Gasteiger partial charge in [-0.25, -0.2) is 0 Å². The highest BCUT2D eigenvalue weighted by molar-refractivity contribution is 14.1. The van der Waals surface area contributed by atoms with Gasteiger partial charge in [0.05, 0.1) is 16.4 Å². The van der Waals surface area contributed by atoms with Crippen LogP contribution in [0.15, 0.2) is 24.3 Å². The van der Waals surface area contributed by atoms with E-state index in [0.29, 0.717) is 0 Å². The average molecular weight is 418 g/mol. The number of rotatable bonds is 6. The summed E-state index contributed by atoms with van der Waals surface area (Å²) in [6.45, 7) is 5.04. The SMILES string of the molecule is CCc1nn(CC)c(CC(NC)c2ccc(I)cc2)c1Cl. The van der Waals surface area contributed by atoms with E-state index >= 15 is 0 Å². The second-order valence-corrected chi connectivity index (χ2v) is 6.60. The first-order valence-corrected chi connectivity index (χ1v) is 8.73. The second kappa shape index (κ2) is 7.61. The van der Waals surface area contributed by atoms with Crippen LogP contribution >= 0.6 is 34.2 Å². The van der Waals surface area contributed by atoms with Crippen molar-refractivity contribution in [1.82, 2.24) is 15.1 Å². The molecule has 1 atom stereocenters. The van der Waals surface area contributed by atoms with E-state index in [4.69, 9.17) is 11.6 Å². The van der Waals surface area contributed by atoms with Gasteiger partial charge in [-0.15, -0.1) is 0 Å². The lowest BCUT2D eigenvalue weighted by Gasteiger charge is -2.17. The fraction of sp³-hybridized carbons (Fsp3) is 0.438. The molecular weight excluding hydrogens is 397 g/mol. The molecule has 0 saturated carbocycles. The van der Waals surface area contributed by atoms with E-state index in [0.717, 1.165) is 35.8 Å². The molecule has 1 heterocycles. The maximum absolute atomic E-state index is 6.51. The highest BCUT2D eigenvalue weighted by Crippen LogP contribution is 2.27. The van der Waals surface area contributed by atoms with Gasteiger partial charge in [-0.2, -0.15) is 5.10 Å². The zero-order valence-corrected chi connectivity index (χ0v) is 15.6. The number of nitrogens with zero attached hydrogens (tertiary/aromatic N) is 2. The molecule has 0 aliphatic carbocycles. The summed E-state index contributed by atoms with van der Waals surface area (Å²) in [5.74, 6) is 0. The first kappa shape index (κ1) is 16.8. The van der Waals surface area contributed by atoms with E-state index in [-0.39, 0.29) is 6.04 Å². The third kappa shape index (κ3) is 3.79. The van der Waals surface area contributed by atoms with Gasteiger partial charge in [-0.1, -0.05) is 30.7 Å². The van der Waals surface area contributed by atoms with Gasteiger partial charge in [0.1, 0.15) is 0 Å². The van der Waals surface area contributed by atoms with Crippen LogP contribution < -0.4 is 5.32 Å².